The van der Waals surface area contributed by atoms with Gasteiger partial charge in [-0.1, -0.05) is 11.6 Å². The molecule has 0 radical (unpaired) electrons. The summed E-state index contributed by atoms with van der Waals surface area (Å²) in [5.41, 5.74) is 7.06. The smallest absolute Gasteiger partial charge is 0.276 e. The third kappa shape index (κ3) is 4.98. The van der Waals surface area contributed by atoms with Crippen molar-refractivity contribution < 1.29 is 9.53 Å². The number of aromatic nitrogens is 1. The van der Waals surface area contributed by atoms with Crippen LogP contribution in [0.4, 0.5) is 0 Å². The normalized spacial score (nSPS) is 10.8. The third-order valence-electron chi connectivity index (χ3n) is 2.90. The molecule has 1 heterocycles. The van der Waals surface area contributed by atoms with Gasteiger partial charge < -0.3 is 10.2 Å². The molecule has 0 bridgehead atoms. The fourth-order valence-corrected chi connectivity index (χ4v) is 2.58. The molecular formula is C16H15ClN4O2S. The minimum Gasteiger partial charge on any atom is -0.484 e. The van der Waals surface area contributed by atoms with E-state index in [1.165, 1.54) is 17.5 Å². The maximum absolute atomic E-state index is 11.7. The number of rotatable bonds is 6. The largest absolute Gasteiger partial charge is 0.484 e. The highest BCUT2D eigenvalue weighted by Crippen LogP contribution is 2.21. The summed E-state index contributed by atoms with van der Waals surface area (Å²) in [5, 5.41) is 12.2. The molecule has 6 nitrogen and oxygen atoms in total. The van der Waals surface area contributed by atoms with Gasteiger partial charge in [0.05, 0.1) is 0 Å². The van der Waals surface area contributed by atoms with Gasteiger partial charge in [0.2, 0.25) is 0 Å². The molecule has 0 saturated carbocycles. The summed E-state index contributed by atoms with van der Waals surface area (Å²) in [6, 6.07) is 7.18. The van der Waals surface area contributed by atoms with E-state index in [2.05, 4.69) is 15.8 Å². The molecule has 8 heteroatoms. The van der Waals surface area contributed by atoms with Crippen molar-refractivity contribution in [2.24, 2.45) is 0 Å². The Labute approximate surface area is 148 Å². The van der Waals surface area contributed by atoms with E-state index in [9.17, 15) is 4.79 Å². The van der Waals surface area contributed by atoms with Gasteiger partial charge in [-0.3, -0.25) is 10.2 Å². The summed E-state index contributed by atoms with van der Waals surface area (Å²) in [7, 11) is 0. The van der Waals surface area contributed by atoms with Crippen LogP contribution in [-0.2, 0) is 4.79 Å². The first-order chi connectivity index (χ1) is 11.5. The Kier molecular flexibility index (Phi) is 6.18. The molecule has 1 amide bonds. The summed E-state index contributed by atoms with van der Waals surface area (Å²) in [5.74, 6) is 0.171. The van der Waals surface area contributed by atoms with Crippen LogP contribution >= 0.6 is 22.9 Å². The van der Waals surface area contributed by atoms with E-state index in [0.717, 1.165) is 11.3 Å². The van der Waals surface area contributed by atoms with Crippen molar-refractivity contribution in [2.75, 3.05) is 6.61 Å². The van der Waals surface area contributed by atoms with Crippen LogP contribution in [0.3, 0.4) is 0 Å². The second-order valence-electron chi connectivity index (χ2n) is 4.86. The molecule has 0 fully saturated rings. The highest BCUT2D eigenvalue weighted by atomic mass is 35.5. The number of hydrazine groups is 1. The Morgan fingerprint density at radius 1 is 1.50 bits per heavy atom. The lowest BCUT2D eigenvalue weighted by molar-refractivity contribution is -0.123. The zero-order valence-corrected chi connectivity index (χ0v) is 14.7. The number of amides is 1. The number of nitriles is 1. The molecule has 0 spiro atoms. The maximum Gasteiger partial charge on any atom is 0.276 e. The van der Waals surface area contributed by atoms with Gasteiger partial charge >= 0.3 is 0 Å². The Bertz CT molecular complexity index is 811. The van der Waals surface area contributed by atoms with E-state index in [1.807, 2.05) is 25.3 Å². The zero-order valence-electron chi connectivity index (χ0n) is 13.1. The molecule has 24 heavy (non-hydrogen) atoms. The Morgan fingerprint density at radius 2 is 2.29 bits per heavy atom. The first kappa shape index (κ1) is 17.8. The monoisotopic (exact) mass is 362 g/mol. The van der Waals surface area contributed by atoms with E-state index in [1.54, 1.807) is 18.2 Å². The van der Waals surface area contributed by atoms with Crippen LogP contribution in [0, 0.1) is 25.2 Å². The first-order valence-corrected chi connectivity index (χ1v) is 8.21. The number of halogens is 1. The quantitative estimate of drug-likeness (QED) is 0.609. The highest BCUT2D eigenvalue weighted by molar-refractivity contribution is 7.10. The Hall–Kier alpha value is -2.56. The Morgan fingerprint density at radius 3 is 2.92 bits per heavy atom. The number of ether oxygens (including phenoxy) is 1. The van der Waals surface area contributed by atoms with Crippen LogP contribution in [0.5, 0.6) is 5.75 Å². The van der Waals surface area contributed by atoms with Crippen LogP contribution in [0.1, 0.15) is 16.3 Å². The molecule has 2 aromatic rings. The molecule has 1 aromatic carbocycles. The molecule has 0 unspecified atom stereocenters. The molecule has 0 aliphatic carbocycles. The fourth-order valence-electron chi connectivity index (χ4n) is 1.70. The second kappa shape index (κ2) is 8.34. The highest BCUT2D eigenvalue weighted by Gasteiger charge is 2.06. The number of aryl methyl sites for hydroxylation is 2. The third-order valence-corrected chi connectivity index (χ3v) is 4.31. The zero-order chi connectivity index (χ0) is 17.5. The molecule has 0 aliphatic rings. The van der Waals surface area contributed by atoms with E-state index in [0.29, 0.717) is 21.4 Å². The minimum atomic E-state index is -0.383. The number of thiazole rings is 1. The fraction of sp³-hybridized carbons (Fsp3) is 0.188. The number of carbonyl (C=O) groups is 1. The van der Waals surface area contributed by atoms with Crippen LogP contribution in [0.2, 0.25) is 5.02 Å². The Balaban J connectivity index is 1.83. The van der Waals surface area contributed by atoms with Crippen LogP contribution < -0.4 is 15.6 Å². The van der Waals surface area contributed by atoms with Gasteiger partial charge in [0.15, 0.2) is 6.61 Å². The van der Waals surface area contributed by atoms with Crippen molar-refractivity contribution in [3.63, 3.8) is 0 Å². The summed E-state index contributed by atoms with van der Waals surface area (Å²) in [4.78, 5) is 15.9. The summed E-state index contributed by atoms with van der Waals surface area (Å²) in [6.45, 7) is 3.53. The van der Waals surface area contributed by atoms with Gasteiger partial charge in [-0.15, -0.1) is 11.3 Å². The lowest BCUT2D eigenvalue weighted by Crippen LogP contribution is -2.37. The number of carbonyl (C=O) groups excluding carboxylic acids is 1. The lowest BCUT2D eigenvalue weighted by atomic mass is 10.2. The lowest BCUT2D eigenvalue weighted by Gasteiger charge is -2.08. The number of hydrogen-bond donors (Lipinski definition) is 2. The molecule has 0 aliphatic heterocycles. The van der Waals surface area contributed by atoms with E-state index >= 15 is 0 Å². The number of hydrogen-bond acceptors (Lipinski definition) is 6. The molecule has 0 saturated heterocycles. The molecule has 124 valence electrons. The van der Waals surface area contributed by atoms with E-state index in [-0.39, 0.29) is 12.5 Å². The summed E-state index contributed by atoms with van der Waals surface area (Å²) < 4.78 is 5.37. The molecular weight excluding hydrogens is 348 g/mol. The average molecular weight is 363 g/mol. The van der Waals surface area contributed by atoms with E-state index < -0.39 is 0 Å². The maximum atomic E-state index is 11.7. The van der Waals surface area contributed by atoms with Crippen molar-refractivity contribution in [1.29, 1.82) is 5.26 Å². The van der Waals surface area contributed by atoms with Gasteiger partial charge in [0.1, 0.15) is 22.4 Å². The average Bonchev–Trinajstić information content (AvgIpc) is 2.99. The van der Waals surface area contributed by atoms with E-state index in [4.69, 9.17) is 21.6 Å². The topological polar surface area (TPSA) is 87.0 Å². The molecule has 1 aromatic heterocycles. The van der Waals surface area contributed by atoms with Crippen molar-refractivity contribution in [3.8, 4) is 11.8 Å². The summed E-state index contributed by atoms with van der Waals surface area (Å²) in [6.07, 6.45) is 1.39. The van der Waals surface area contributed by atoms with Crippen molar-refractivity contribution in [3.05, 3.63) is 51.1 Å². The predicted octanol–water partition coefficient (Wildman–Crippen LogP) is 2.98. The second-order valence-corrected chi connectivity index (χ2v) is 6.12. The number of allylic oxidation sites excluding steroid dienone is 1. The summed E-state index contributed by atoms with van der Waals surface area (Å²) >= 11 is 7.29. The van der Waals surface area contributed by atoms with Gasteiger partial charge in [0, 0.05) is 22.3 Å². The van der Waals surface area contributed by atoms with Crippen molar-refractivity contribution >= 4 is 34.4 Å². The standard InChI is InChI=1S/C16H15ClN4O2S/c1-10-5-13(3-4-14(10)17)23-8-15(22)21-19-7-12(6-18)16-20-11(2)9-24-16/h3-5,7,9,19H,8H2,1-2H3,(H,21,22)/b12-7+. The first-order valence-electron chi connectivity index (χ1n) is 6.95. The van der Waals surface area contributed by atoms with Crippen LogP contribution in [-0.4, -0.2) is 17.5 Å². The van der Waals surface area contributed by atoms with Crippen LogP contribution in [0.15, 0.2) is 29.8 Å². The van der Waals surface area contributed by atoms with Gasteiger partial charge in [-0.25, -0.2) is 4.98 Å². The molecule has 0 atom stereocenters. The molecule has 2 N–H and O–H groups in total. The SMILES string of the molecule is Cc1csc(/C(C#N)=C/NNC(=O)COc2ccc(Cl)c(C)c2)n1. The van der Waals surface area contributed by atoms with Gasteiger partial charge in [-0.05, 0) is 37.6 Å². The number of benzene rings is 1. The van der Waals surface area contributed by atoms with Crippen molar-refractivity contribution in [1.82, 2.24) is 15.8 Å². The molecule has 2 rings (SSSR count). The van der Waals surface area contributed by atoms with Crippen LogP contribution in [0.25, 0.3) is 5.57 Å². The number of nitrogens with one attached hydrogen (secondary N) is 2. The van der Waals surface area contributed by atoms with Gasteiger partial charge in [0.25, 0.3) is 5.91 Å². The predicted molar refractivity (Wildman–Crippen MR) is 93.4 cm³/mol. The minimum absolute atomic E-state index is 0.167. The number of nitrogens with zero attached hydrogens (tertiary/aromatic N) is 2. The van der Waals surface area contributed by atoms with Crippen molar-refractivity contribution in [2.45, 2.75) is 13.8 Å². The van der Waals surface area contributed by atoms with Gasteiger partial charge in [-0.2, -0.15) is 5.26 Å².